The quantitative estimate of drug-likeness (QED) is 0.715. The minimum Gasteiger partial charge on any atom is -0.296 e. The number of hydrogen-bond donors (Lipinski definition) is 0. The molecule has 0 fully saturated rings. The predicted molar refractivity (Wildman–Crippen MR) is 60.1 cm³/mol. The molecule has 0 saturated heterocycles. The third-order valence-electron chi connectivity index (χ3n) is 2.22. The minimum atomic E-state index is 0.367. The summed E-state index contributed by atoms with van der Waals surface area (Å²) in [6.45, 7) is 3.93. The fourth-order valence-electron chi connectivity index (χ4n) is 1.50. The number of carbonyl (C=O) groups excluding carboxylic acids is 1. The molecule has 16 heavy (non-hydrogen) atoms. The van der Waals surface area contributed by atoms with Crippen LogP contribution in [0.25, 0.3) is 11.5 Å². The van der Waals surface area contributed by atoms with Crippen molar-refractivity contribution >= 4 is 6.29 Å². The van der Waals surface area contributed by atoms with E-state index in [4.69, 9.17) is 0 Å². The number of nitrogens with zero attached hydrogens (tertiary/aromatic N) is 3. The summed E-state index contributed by atoms with van der Waals surface area (Å²) in [4.78, 5) is 23.1. The summed E-state index contributed by atoms with van der Waals surface area (Å²) in [6.07, 6.45) is 4.03. The van der Waals surface area contributed by atoms with E-state index in [0.29, 0.717) is 23.5 Å². The average molecular weight is 213 g/mol. The van der Waals surface area contributed by atoms with Crippen LogP contribution in [0.2, 0.25) is 0 Å². The van der Waals surface area contributed by atoms with Crippen LogP contribution in [0.3, 0.4) is 0 Å². The molecule has 2 heterocycles. The van der Waals surface area contributed by atoms with E-state index < -0.39 is 0 Å². The molecule has 0 aliphatic rings. The maximum absolute atomic E-state index is 10.6. The Balaban J connectivity index is 2.53. The van der Waals surface area contributed by atoms with Gasteiger partial charge >= 0.3 is 0 Å². The van der Waals surface area contributed by atoms with Gasteiger partial charge in [-0.1, -0.05) is 6.07 Å². The van der Waals surface area contributed by atoms with Crippen molar-refractivity contribution in [3.8, 4) is 11.5 Å². The highest BCUT2D eigenvalue weighted by molar-refractivity contribution is 5.72. The van der Waals surface area contributed by atoms with Crippen molar-refractivity contribution in [1.29, 1.82) is 0 Å². The molecule has 80 valence electrons. The van der Waals surface area contributed by atoms with Crippen molar-refractivity contribution in [1.82, 2.24) is 15.0 Å². The predicted octanol–water partition coefficient (Wildman–Crippen LogP) is 1.97. The number of aryl methyl sites for hydroxylation is 2. The molecule has 4 heteroatoms. The Hall–Kier alpha value is -2.10. The zero-order chi connectivity index (χ0) is 11.5. The number of hydrogen-bond acceptors (Lipinski definition) is 4. The van der Waals surface area contributed by atoms with Gasteiger partial charge in [-0.3, -0.25) is 9.78 Å². The maximum Gasteiger partial charge on any atom is 0.179 e. The monoisotopic (exact) mass is 213 g/mol. The molecular weight excluding hydrogens is 202 g/mol. The van der Waals surface area contributed by atoms with Crippen LogP contribution >= 0.6 is 0 Å². The second-order valence-electron chi connectivity index (χ2n) is 3.60. The number of aldehydes is 1. The van der Waals surface area contributed by atoms with E-state index in [-0.39, 0.29) is 0 Å². The van der Waals surface area contributed by atoms with Crippen LogP contribution in [0.5, 0.6) is 0 Å². The van der Waals surface area contributed by atoms with Gasteiger partial charge in [0, 0.05) is 12.4 Å². The van der Waals surface area contributed by atoms with Crippen LogP contribution in [0.4, 0.5) is 0 Å². The second kappa shape index (κ2) is 4.18. The zero-order valence-electron chi connectivity index (χ0n) is 9.14. The summed E-state index contributed by atoms with van der Waals surface area (Å²) in [5, 5.41) is 0. The van der Waals surface area contributed by atoms with E-state index >= 15 is 0 Å². The van der Waals surface area contributed by atoms with Crippen molar-refractivity contribution in [2.45, 2.75) is 13.8 Å². The zero-order valence-corrected chi connectivity index (χ0v) is 9.14. The van der Waals surface area contributed by atoms with Crippen molar-refractivity contribution in [3.05, 3.63) is 41.3 Å². The number of aromatic nitrogens is 3. The van der Waals surface area contributed by atoms with E-state index in [1.807, 2.05) is 19.9 Å². The number of rotatable bonds is 2. The van der Waals surface area contributed by atoms with Gasteiger partial charge in [-0.05, 0) is 31.0 Å². The highest BCUT2D eigenvalue weighted by atomic mass is 16.1. The van der Waals surface area contributed by atoms with Crippen LogP contribution < -0.4 is 0 Å². The van der Waals surface area contributed by atoms with Gasteiger partial charge in [-0.25, -0.2) is 9.97 Å². The highest BCUT2D eigenvalue weighted by Crippen LogP contribution is 2.17. The third-order valence-corrected chi connectivity index (χ3v) is 2.22. The summed E-state index contributed by atoms with van der Waals surface area (Å²) in [7, 11) is 0. The van der Waals surface area contributed by atoms with Crippen LogP contribution in [-0.2, 0) is 0 Å². The van der Waals surface area contributed by atoms with E-state index in [1.165, 1.54) is 0 Å². The molecule has 0 amide bonds. The van der Waals surface area contributed by atoms with Gasteiger partial charge in [0.2, 0.25) is 0 Å². The Morgan fingerprint density at radius 3 is 2.75 bits per heavy atom. The Morgan fingerprint density at radius 1 is 1.25 bits per heavy atom. The maximum atomic E-state index is 10.6. The first-order valence-corrected chi connectivity index (χ1v) is 4.92. The molecule has 2 aromatic rings. The first-order valence-electron chi connectivity index (χ1n) is 4.92. The van der Waals surface area contributed by atoms with Crippen molar-refractivity contribution in [2.75, 3.05) is 0 Å². The van der Waals surface area contributed by atoms with E-state index in [1.54, 1.807) is 18.5 Å². The summed E-state index contributed by atoms with van der Waals surface area (Å²) in [6, 6.07) is 3.58. The molecule has 0 bridgehead atoms. The molecule has 0 aliphatic heterocycles. The smallest absolute Gasteiger partial charge is 0.179 e. The summed E-state index contributed by atoms with van der Waals surface area (Å²) >= 11 is 0. The molecule has 0 aromatic carbocycles. The van der Waals surface area contributed by atoms with Crippen molar-refractivity contribution < 1.29 is 4.79 Å². The largest absolute Gasteiger partial charge is 0.296 e. The Morgan fingerprint density at radius 2 is 2.06 bits per heavy atom. The molecule has 2 aromatic heterocycles. The average Bonchev–Trinajstić information content (AvgIpc) is 2.29. The van der Waals surface area contributed by atoms with Gasteiger partial charge in [0.05, 0.1) is 0 Å². The molecule has 4 nitrogen and oxygen atoms in total. The van der Waals surface area contributed by atoms with E-state index in [2.05, 4.69) is 15.0 Å². The topological polar surface area (TPSA) is 55.7 Å². The molecule has 0 radical (unpaired) electrons. The number of pyridine rings is 1. The lowest BCUT2D eigenvalue weighted by Crippen LogP contribution is -1.97. The van der Waals surface area contributed by atoms with Gasteiger partial charge in [-0.15, -0.1) is 0 Å². The fraction of sp³-hybridized carbons (Fsp3) is 0.167. The molecule has 0 atom stereocenters. The van der Waals surface area contributed by atoms with Gasteiger partial charge in [-0.2, -0.15) is 0 Å². The normalized spacial score (nSPS) is 10.1. The Labute approximate surface area is 93.4 Å². The summed E-state index contributed by atoms with van der Waals surface area (Å²) < 4.78 is 0. The first-order chi connectivity index (χ1) is 7.70. The van der Waals surface area contributed by atoms with Gasteiger partial charge in [0.1, 0.15) is 11.4 Å². The third kappa shape index (κ3) is 1.95. The molecule has 0 N–H and O–H groups in total. The highest BCUT2D eigenvalue weighted by Gasteiger charge is 2.07. The summed E-state index contributed by atoms with van der Waals surface area (Å²) in [5.74, 6) is 0.488. The first kappa shape index (κ1) is 10.4. The van der Waals surface area contributed by atoms with E-state index in [9.17, 15) is 4.79 Å². The van der Waals surface area contributed by atoms with Crippen LogP contribution in [0.1, 0.15) is 21.6 Å². The number of carbonyl (C=O) groups is 1. The van der Waals surface area contributed by atoms with Crippen molar-refractivity contribution in [3.63, 3.8) is 0 Å². The lowest BCUT2D eigenvalue weighted by atomic mass is 10.1. The molecule has 0 unspecified atom stereocenters. The lowest BCUT2D eigenvalue weighted by Gasteiger charge is -2.04. The molecule has 0 spiro atoms. The second-order valence-corrected chi connectivity index (χ2v) is 3.60. The van der Waals surface area contributed by atoms with Crippen LogP contribution in [0, 0.1) is 13.8 Å². The lowest BCUT2D eigenvalue weighted by molar-refractivity contribution is 0.111. The van der Waals surface area contributed by atoms with E-state index in [0.717, 1.165) is 11.1 Å². The SMILES string of the molecule is Cc1cnc(-c2nccc(C=O)n2)c(C)c1. The molecule has 2 rings (SSSR count). The van der Waals surface area contributed by atoms with Gasteiger partial charge in [0.15, 0.2) is 12.1 Å². The van der Waals surface area contributed by atoms with Gasteiger partial charge in [0.25, 0.3) is 0 Å². The Kier molecular flexibility index (Phi) is 2.72. The fourth-order valence-corrected chi connectivity index (χ4v) is 1.50. The van der Waals surface area contributed by atoms with Gasteiger partial charge < -0.3 is 0 Å². The summed E-state index contributed by atoms with van der Waals surface area (Å²) in [5.41, 5.74) is 3.18. The molecule has 0 saturated carbocycles. The standard InChI is InChI=1S/C12H11N3O/c1-8-5-9(2)11(14-6-8)12-13-4-3-10(7-16)15-12/h3-7H,1-2H3. The molecular formula is C12H11N3O. The molecule has 0 aliphatic carbocycles. The van der Waals surface area contributed by atoms with Crippen molar-refractivity contribution in [2.24, 2.45) is 0 Å². The minimum absolute atomic E-state index is 0.367. The Bertz CT molecular complexity index is 538. The van der Waals surface area contributed by atoms with Crippen LogP contribution in [-0.4, -0.2) is 21.2 Å². The van der Waals surface area contributed by atoms with Crippen LogP contribution in [0.15, 0.2) is 24.5 Å².